The summed E-state index contributed by atoms with van der Waals surface area (Å²) in [5, 5.41) is 2.80. The molecule has 0 aromatic heterocycles. The minimum absolute atomic E-state index is 0.0552. The summed E-state index contributed by atoms with van der Waals surface area (Å²) >= 11 is 0. The van der Waals surface area contributed by atoms with Gasteiger partial charge in [-0.1, -0.05) is 51.2 Å². The second-order valence-electron chi connectivity index (χ2n) is 6.88. The molecule has 1 amide bonds. The standard InChI is InChI=1S/C19H33N2O3P/c1-3-4-5-6-7-8-10-16-11-9-12-17(15-16)21-19(22)18(20)13-14-25(2,23)24/h9,11-12,15,18H,3-8,10,13-14,20H2,1-2H3,(H,21,22)(H,23,24)/t18-/m1/s1. The minimum Gasteiger partial charge on any atom is -0.344 e. The maximum absolute atomic E-state index is 12.1. The molecule has 1 aromatic carbocycles. The Labute approximate surface area is 151 Å². The average molecular weight is 368 g/mol. The number of hydrogen-bond acceptors (Lipinski definition) is 3. The molecule has 25 heavy (non-hydrogen) atoms. The molecule has 0 aliphatic rings. The van der Waals surface area contributed by atoms with E-state index in [0.717, 1.165) is 18.5 Å². The number of benzene rings is 1. The van der Waals surface area contributed by atoms with Crippen LogP contribution in [-0.2, 0) is 15.8 Å². The lowest BCUT2D eigenvalue weighted by atomic mass is 10.0. The predicted octanol–water partition coefficient (Wildman–Crippen LogP) is 4.15. The van der Waals surface area contributed by atoms with E-state index in [9.17, 15) is 14.3 Å². The first-order chi connectivity index (χ1) is 11.8. The van der Waals surface area contributed by atoms with Gasteiger partial charge in [-0.15, -0.1) is 0 Å². The van der Waals surface area contributed by atoms with Crippen LogP contribution >= 0.6 is 7.37 Å². The van der Waals surface area contributed by atoms with Crippen molar-refractivity contribution >= 4 is 19.0 Å². The minimum atomic E-state index is -3.13. The van der Waals surface area contributed by atoms with Crippen molar-refractivity contribution < 1.29 is 14.3 Å². The number of amides is 1. The first kappa shape index (κ1) is 21.9. The number of nitrogens with one attached hydrogen (secondary N) is 1. The molecule has 4 N–H and O–H groups in total. The summed E-state index contributed by atoms with van der Waals surface area (Å²) in [4.78, 5) is 21.4. The molecule has 0 saturated heterocycles. The van der Waals surface area contributed by atoms with E-state index in [2.05, 4.69) is 18.3 Å². The van der Waals surface area contributed by atoms with Crippen molar-refractivity contribution in [2.24, 2.45) is 5.73 Å². The highest BCUT2D eigenvalue weighted by Gasteiger charge is 2.18. The zero-order chi connectivity index (χ0) is 18.7. The molecule has 6 heteroatoms. The van der Waals surface area contributed by atoms with Gasteiger partial charge in [-0.05, 0) is 37.0 Å². The lowest BCUT2D eigenvalue weighted by Crippen LogP contribution is -2.36. The van der Waals surface area contributed by atoms with Crippen LogP contribution in [0.15, 0.2) is 24.3 Å². The van der Waals surface area contributed by atoms with E-state index in [1.54, 1.807) is 0 Å². The van der Waals surface area contributed by atoms with Crippen LogP contribution in [-0.4, -0.2) is 29.7 Å². The fourth-order valence-electron chi connectivity index (χ4n) is 2.66. The van der Waals surface area contributed by atoms with E-state index in [4.69, 9.17) is 5.73 Å². The third-order valence-electron chi connectivity index (χ3n) is 4.21. The van der Waals surface area contributed by atoms with E-state index in [0.29, 0.717) is 0 Å². The topological polar surface area (TPSA) is 92.4 Å². The molecule has 142 valence electrons. The van der Waals surface area contributed by atoms with Crippen molar-refractivity contribution in [1.29, 1.82) is 0 Å². The summed E-state index contributed by atoms with van der Waals surface area (Å²) in [6, 6.07) is 7.05. The zero-order valence-corrected chi connectivity index (χ0v) is 16.4. The molecular formula is C19H33N2O3P. The molecular weight excluding hydrogens is 335 g/mol. The quantitative estimate of drug-likeness (QED) is 0.382. The molecule has 2 atom stereocenters. The van der Waals surface area contributed by atoms with Gasteiger partial charge in [0.15, 0.2) is 7.37 Å². The lowest BCUT2D eigenvalue weighted by molar-refractivity contribution is -0.117. The SMILES string of the molecule is CCCCCCCCc1cccc(NC(=O)[C@H](N)CCP(C)(=O)O)c1. The van der Waals surface area contributed by atoms with E-state index in [1.807, 2.05) is 18.2 Å². The molecule has 1 rings (SSSR count). The number of rotatable bonds is 12. The van der Waals surface area contributed by atoms with Crippen LogP contribution in [0.4, 0.5) is 5.69 Å². The van der Waals surface area contributed by atoms with Crippen LogP contribution in [0.3, 0.4) is 0 Å². The molecule has 5 nitrogen and oxygen atoms in total. The second-order valence-corrected chi connectivity index (χ2v) is 9.43. The summed E-state index contributed by atoms with van der Waals surface area (Å²) in [5.41, 5.74) is 7.74. The van der Waals surface area contributed by atoms with Gasteiger partial charge in [0.05, 0.1) is 6.04 Å². The lowest BCUT2D eigenvalue weighted by Gasteiger charge is -2.14. The fraction of sp³-hybridized carbons (Fsp3) is 0.632. The maximum Gasteiger partial charge on any atom is 0.241 e. The van der Waals surface area contributed by atoms with Crippen LogP contribution in [0, 0.1) is 0 Å². The second kappa shape index (κ2) is 11.5. The van der Waals surface area contributed by atoms with Gasteiger partial charge in [0.25, 0.3) is 0 Å². The van der Waals surface area contributed by atoms with E-state index in [-0.39, 0.29) is 18.5 Å². The molecule has 1 unspecified atom stereocenters. The van der Waals surface area contributed by atoms with Gasteiger partial charge in [-0.25, -0.2) is 0 Å². The molecule has 0 heterocycles. The predicted molar refractivity (Wildman–Crippen MR) is 105 cm³/mol. The fourth-order valence-corrected chi connectivity index (χ4v) is 3.42. The Balaban J connectivity index is 2.41. The van der Waals surface area contributed by atoms with Gasteiger partial charge < -0.3 is 15.9 Å². The molecule has 1 aromatic rings. The molecule has 0 fully saturated rings. The summed E-state index contributed by atoms with van der Waals surface area (Å²) in [6.07, 6.45) is 8.82. The van der Waals surface area contributed by atoms with Crippen LogP contribution in [0.5, 0.6) is 0 Å². The average Bonchev–Trinajstić information content (AvgIpc) is 2.55. The van der Waals surface area contributed by atoms with E-state index >= 15 is 0 Å². The summed E-state index contributed by atoms with van der Waals surface area (Å²) in [6.45, 7) is 3.50. The maximum atomic E-state index is 12.1. The van der Waals surface area contributed by atoms with Crippen molar-refractivity contribution in [1.82, 2.24) is 0 Å². The number of aryl methyl sites for hydroxylation is 1. The van der Waals surface area contributed by atoms with Gasteiger partial charge in [-0.2, -0.15) is 0 Å². The molecule has 0 radical (unpaired) electrons. The molecule has 0 aliphatic heterocycles. The monoisotopic (exact) mass is 368 g/mol. The highest BCUT2D eigenvalue weighted by Crippen LogP contribution is 2.35. The van der Waals surface area contributed by atoms with Crippen LogP contribution in [0.2, 0.25) is 0 Å². The number of carbonyl (C=O) groups excluding carboxylic acids is 1. The van der Waals surface area contributed by atoms with Gasteiger partial charge >= 0.3 is 0 Å². The number of hydrogen-bond donors (Lipinski definition) is 3. The smallest absolute Gasteiger partial charge is 0.241 e. The highest BCUT2D eigenvalue weighted by atomic mass is 31.2. The Morgan fingerprint density at radius 2 is 1.92 bits per heavy atom. The summed E-state index contributed by atoms with van der Waals surface area (Å²) < 4.78 is 11.3. The largest absolute Gasteiger partial charge is 0.344 e. The van der Waals surface area contributed by atoms with E-state index in [1.165, 1.54) is 44.3 Å². The Morgan fingerprint density at radius 3 is 2.60 bits per heavy atom. The number of carbonyl (C=O) groups is 1. The van der Waals surface area contributed by atoms with Crippen LogP contribution < -0.4 is 11.1 Å². The number of nitrogens with two attached hydrogens (primary N) is 1. The van der Waals surface area contributed by atoms with Crippen molar-refractivity contribution in [3.63, 3.8) is 0 Å². The summed E-state index contributed by atoms with van der Waals surface area (Å²) in [5.74, 6) is -0.315. The number of anilines is 1. The van der Waals surface area contributed by atoms with Gasteiger partial charge in [-0.3, -0.25) is 9.36 Å². The first-order valence-electron chi connectivity index (χ1n) is 9.26. The molecule has 0 bridgehead atoms. The normalized spacial score (nSPS) is 14.7. The van der Waals surface area contributed by atoms with E-state index < -0.39 is 13.4 Å². The van der Waals surface area contributed by atoms with Crippen LogP contribution in [0.1, 0.15) is 57.4 Å². The Morgan fingerprint density at radius 1 is 1.24 bits per heavy atom. The van der Waals surface area contributed by atoms with Crippen molar-refractivity contribution in [3.8, 4) is 0 Å². The van der Waals surface area contributed by atoms with Crippen molar-refractivity contribution in [2.75, 3.05) is 18.1 Å². The third-order valence-corrected chi connectivity index (χ3v) is 5.29. The van der Waals surface area contributed by atoms with Gasteiger partial charge in [0, 0.05) is 18.5 Å². The Bertz CT molecular complexity index is 572. The van der Waals surface area contributed by atoms with Gasteiger partial charge in [0.1, 0.15) is 0 Å². The third kappa shape index (κ3) is 10.4. The van der Waals surface area contributed by atoms with Crippen molar-refractivity contribution in [3.05, 3.63) is 29.8 Å². The first-order valence-corrected chi connectivity index (χ1v) is 11.6. The highest BCUT2D eigenvalue weighted by molar-refractivity contribution is 7.57. The van der Waals surface area contributed by atoms with Gasteiger partial charge in [0.2, 0.25) is 5.91 Å². The molecule has 0 aliphatic carbocycles. The number of unbranched alkanes of at least 4 members (excludes halogenated alkanes) is 5. The van der Waals surface area contributed by atoms with Crippen molar-refractivity contribution in [2.45, 2.75) is 64.3 Å². The molecule has 0 spiro atoms. The Hall–Kier alpha value is -1.16. The van der Waals surface area contributed by atoms with Crippen LogP contribution in [0.25, 0.3) is 0 Å². The molecule has 0 saturated carbocycles. The Kier molecular flexibility index (Phi) is 10.0. The summed E-state index contributed by atoms with van der Waals surface area (Å²) in [7, 11) is -3.13. The zero-order valence-electron chi connectivity index (χ0n) is 15.5.